The molecule has 3 heteroatoms. The van der Waals surface area contributed by atoms with E-state index in [1.807, 2.05) is 13.0 Å². The molecule has 3 aromatic rings. The Kier molecular flexibility index (Phi) is 5.62. The van der Waals surface area contributed by atoms with E-state index in [4.69, 9.17) is 0 Å². The van der Waals surface area contributed by atoms with Crippen molar-refractivity contribution in [1.82, 2.24) is 0 Å². The molecule has 0 spiro atoms. The van der Waals surface area contributed by atoms with Crippen LogP contribution < -0.4 is 0 Å². The lowest BCUT2D eigenvalue weighted by Gasteiger charge is -2.06. The van der Waals surface area contributed by atoms with E-state index in [1.54, 1.807) is 13.0 Å². The van der Waals surface area contributed by atoms with Gasteiger partial charge < -0.3 is 0 Å². The monoisotopic (exact) mass is 371 g/mol. The van der Waals surface area contributed by atoms with Gasteiger partial charge in [-0.2, -0.15) is 4.99 Å². The van der Waals surface area contributed by atoms with Gasteiger partial charge in [0.15, 0.2) is 5.82 Å². The van der Waals surface area contributed by atoms with Crippen molar-refractivity contribution in [3.8, 4) is 23.0 Å². The highest BCUT2D eigenvalue weighted by Crippen LogP contribution is 2.25. The molecule has 0 fully saturated rings. The van der Waals surface area contributed by atoms with E-state index >= 15 is 0 Å². The summed E-state index contributed by atoms with van der Waals surface area (Å²) in [5.41, 5.74) is 7.08. The minimum atomic E-state index is -0.442. The van der Waals surface area contributed by atoms with Crippen molar-refractivity contribution in [3.05, 3.63) is 88.2 Å². The molecule has 1 nitrogen and oxygen atoms in total. The molecule has 0 aliphatic rings. The summed E-state index contributed by atoms with van der Waals surface area (Å²) in [5, 5.41) is 2.20. The van der Waals surface area contributed by atoms with Gasteiger partial charge in [-0.05, 0) is 73.4 Å². The van der Waals surface area contributed by atoms with E-state index in [9.17, 15) is 4.39 Å². The number of isothiocyanates is 1. The molecule has 0 aromatic heterocycles. The number of hydrogen-bond acceptors (Lipinski definition) is 2. The van der Waals surface area contributed by atoms with Crippen LogP contribution in [0.4, 0.5) is 10.1 Å². The zero-order valence-corrected chi connectivity index (χ0v) is 16.2. The van der Waals surface area contributed by atoms with Crippen molar-refractivity contribution >= 4 is 23.1 Å². The maximum atomic E-state index is 14.1. The molecule has 0 saturated heterocycles. The van der Waals surface area contributed by atoms with Crippen LogP contribution in [0.2, 0.25) is 0 Å². The second kappa shape index (κ2) is 8.10. The molecule has 3 aromatic carbocycles. The molecule has 0 bridgehead atoms. The Morgan fingerprint density at radius 2 is 1.52 bits per heavy atom. The largest absolute Gasteiger partial charge is 0.205 e. The van der Waals surface area contributed by atoms with E-state index < -0.39 is 5.82 Å². The molecular formula is C24H18FNS. The summed E-state index contributed by atoms with van der Waals surface area (Å²) in [5.74, 6) is 5.74. The first kappa shape index (κ1) is 18.7. The maximum Gasteiger partial charge on any atom is 0.151 e. The van der Waals surface area contributed by atoms with Gasteiger partial charge in [0.05, 0.1) is 5.16 Å². The quantitative estimate of drug-likeness (QED) is 0.283. The first-order chi connectivity index (χ1) is 13.0. The summed E-state index contributed by atoms with van der Waals surface area (Å²) < 4.78 is 14.1. The average molecular weight is 371 g/mol. The van der Waals surface area contributed by atoms with Crippen LogP contribution in [0.5, 0.6) is 0 Å². The average Bonchev–Trinajstić information content (AvgIpc) is 2.64. The zero-order valence-electron chi connectivity index (χ0n) is 15.4. The fourth-order valence-electron chi connectivity index (χ4n) is 2.86. The predicted molar refractivity (Wildman–Crippen MR) is 113 cm³/mol. The zero-order chi connectivity index (χ0) is 19.4. The molecule has 27 heavy (non-hydrogen) atoms. The summed E-state index contributed by atoms with van der Waals surface area (Å²) in [6.45, 7) is 5.89. The third kappa shape index (κ3) is 4.38. The highest BCUT2D eigenvalue weighted by atomic mass is 32.1. The Balaban J connectivity index is 1.91. The number of hydrogen-bond donors (Lipinski definition) is 0. The lowest BCUT2D eigenvalue weighted by molar-refractivity contribution is 0.628. The first-order valence-electron chi connectivity index (χ1n) is 8.55. The molecule has 0 atom stereocenters. The van der Waals surface area contributed by atoms with Crippen LogP contribution in [-0.2, 0) is 0 Å². The van der Waals surface area contributed by atoms with Gasteiger partial charge >= 0.3 is 0 Å². The third-order valence-electron chi connectivity index (χ3n) is 4.36. The Labute approximate surface area is 164 Å². The molecule has 3 rings (SSSR count). The van der Waals surface area contributed by atoms with E-state index in [-0.39, 0.29) is 5.69 Å². The van der Waals surface area contributed by atoms with Crippen molar-refractivity contribution in [2.24, 2.45) is 4.99 Å². The highest BCUT2D eigenvalue weighted by Gasteiger charge is 2.06. The number of rotatable bonds is 2. The number of halogens is 1. The number of benzene rings is 3. The number of aliphatic imine (C=N–C) groups is 1. The summed E-state index contributed by atoms with van der Waals surface area (Å²) in [6, 6.07) is 17.8. The van der Waals surface area contributed by atoms with E-state index in [1.165, 1.54) is 17.2 Å². The smallest absolute Gasteiger partial charge is 0.151 e. The summed E-state index contributed by atoms with van der Waals surface area (Å²) in [7, 11) is 0. The maximum absolute atomic E-state index is 14.1. The van der Waals surface area contributed by atoms with Gasteiger partial charge in [-0.25, -0.2) is 4.39 Å². The van der Waals surface area contributed by atoms with Crippen LogP contribution in [0.15, 0.2) is 59.6 Å². The van der Waals surface area contributed by atoms with Crippen molar-refractivity contribution in [1.29, 1.82) is 0 Å². The van der Waals surface area contributed by atoms with Crippen molar-refractivity contribution in [2.45, 2.75) is 20.8 Å². The molecule has 0 heterocycles. The number of thiocarbonyl (C=S) groups is 1. The molecule has 0 unspecified atom stereocenters. The third-order valence-corrected chi connectivity index (χ3v) is 4.46. The Morgan fingerprint density at radius 3 is 2.15 bits per heavy atom. The van der Waals surface area contributed by atoms with Crippen LogP contribution in [0.1, 0.15) is 27.8 Å². The Hall–Kier alpha value is -3.05. The Bertz CT molecular complexity index is 1090. The van der Waals surface area contributed by atoms with Crippen LogP contribution in [0.25, 0.3) is 11.1 Å². The predicted octanol–water partition coefficient (Wildman–Crippen LogP) is 6.55. The van der Waals surface area contributed by atoms with Crippen molar-refractivity contribution in [3.63, 3.8) is 0 Å². The normalized spacial score (nSPS) is 9.93. The van der Waals surface area contributed by atoms with Gasteiger partial charge in [0.1, 0.15) is 5.69 Å². The minimum absolute atomic E-state index is 0.217. The van der Waals surface area contributed by atoms with Crippen LogP contribution in [0, 0.1) is 38.4 Å². The molecule has 132 valence electrons. The van der Waals surface area contributed by atoms with E-state index in [2.05, 4.69) is 77.5 Å². The second-order valence-electron chi connectivity index (χ2n) is 6.47. The SMILES string of the molecule is Cc1ccc(-c2ccc(C#Cc3cc(C)c(N=C=S)c(F)c3)c(C)c2)cc1. The fourth-order valence-corrected chi connectivity index (χ4v) is 2.96. The van der Waals surface area contributed by atoms with E-state index in [0.29, 0.717) is 11.1 Å². The summed E-state index contributed by atoms with van der Waals surface area (Å²) in [6.07, 6.45) is 0. The van der Waals surface area contributed by atoms with Gasteiger partial charge in [0.2, 0.25) is 0 Å². The standard InChI is InChI=1S/C24H18FNS/c1-16-4-7-21(8-5-16)22-11-10-20(17(2)13-22)9-6-19-12-18(3)24(26-15-27)23(25)14-19/h4-5,7-8,10-14H,1-3H3. The van der Waals surface area contributed by atoms with Crippen LogP contribution in [-0.4, -0.2) is 5.16 Å². The molecule has 0 aliphatic heterocycles. The fraction of sp³-hybridized carbons (Fsp3) is 0.125. The first-order valence-corrected chi connectivity index (χ1v) is 8.96. The van der Waals surface area contributed by atoms with E-state index in [0.717, 1.165) is 16.7 Å². The van der Waals surface area contributed by atoms with Gasteiger partial charge in [0, 0.05) is 11.1 Å². The van der Waals surface area contributed by atoms with Gasteiger partial charge in [-0.1, -0.05) is 53.8 Å². The molecular weight excluding hydrogens is 353 g/mol. The van der Waals surface area contributed by atoms with Gasteiger partial charge in [-0.3, -0.25) is 0 Å². The lowest BCUT2D eigenvalue weighted by Crippen LogP contribution is -1.87. The topological polar surface area (TPSA) is 12.4 Å². The number of nitrogens with zero attached hydrogens (tertiary/aromatic N) is 1. The summed E-state index contributed by atoms with van der Waals surface area (Å²) >= 11 is 4.56. The van der Waals surface area contributed by atoms with Crippen molar-refractivity contribution in [2.75, 3.05) is 0 Å². The molecule has 0 saturated carbocycles. The lowest BCUT2D eigenvalue weighted by atomic mass is 9.99. The molecule has 0 amide bonds. The van der Waals surface area contributed by atoms with Crippen LogP contribution in [0.3, 0.4) is 0 Å². The second-order valence-corrected chi connectivity index (χ2v) is 6.65. The highest BCUT2D eigenvalue weighted by molar-refractivity contribution is 7.78. The van der Waals surface area contributed by atoms with Gasteiger partial charge in [-0.15, -0.1) is 0 Å². The molecule has 0 radical (unpaired) electrons. The minimum Gasteiger partial charge on any atom is -0.205 e. The molecule has 0 N–H and O–H groups in total. The Morgan fingerprint density at radius 1 is 0.815 bits per heavy atom. The number of aryl methyl sites for hydroxylation is 3. The summed E-state index contributed by atoms with van der Waals surface area (Å²) in [4.78, 5) is 3.76. The van der Waals surface area contributed by atoms with Crippen molar-refractivity contribution < 1.29 is 4.39 Å². The van der Waals surface area contributed by atoms with Crippen LogP contribution >= 0.6 is 12.2 Å². The molecule has 0 aliphatic carbocycles. The van der Waals surface area contributed by atoms with Gasteiger partial charge in [0.25, 0.3) is 0 Å².